The number of rotatable bonds is 34. The van der Waals surface area contributed by atoms with E-state index >= 15 is 0 Å². The lowest BCUT2D eigenvalue weighted by Crippen LogP contribution is -2.59. The zero-order chi connectivity index (χ0) is 59.1. The van der Waals surface area contributed by atoms with E-state index in [9.17, 15) is 33.6 Å². The van der Waals surface area contributed by atoms with Gasteiger partial charge in [-0.15, -0.1) is 0 Å². The molecule has 10 atom stereocenters. The Morgan fingerprint density at radius 1 is 0.937 bits per heavy atom. The van der Waals surface area contributed by atoms with Crippen molar-refractivity contribution in [3.05, 3.63) is 72.0 Å². The van der Waals surface area contributed by atoms with Crippen molar-refractivity contribution in [2.45, 2.75) is 174 Å². The van der Waals surface area contributed by atoms with Gasteiger partial charge in [-0.25, -0.2) is 5.43 Å². The Hall–Kier alpha value is -5.41. The molecule has 2 aliphatic heterocycles. The Bertz CT molecular complexity index is 2270. The molecule has 20 heteroatoms. The Labute approximate surface area is 475 Å². The second kappa shape index (κ2) is 34.0. The van der Waals surface area contributed by atoms with Crippen LogP contribution in [0.5, 0.6) is 0 Å². The van der Waals surface area contributed by atoms with Gasteiger partial charge in [-0.2, -0.15) is 5.10 Å². The number of carbonyl (C=O) groups excluding carboxylic acids is 7. The Balaban J connectivity index is 1.67. The molecule has 9 unspecified atom stereocenters. The van der Waals surface area contributed by atoms with Crippen LogP contribution in [-0.4, -0.2) is 169 Å². The molecule has 2 aliphatic rings. The molecule has 0 spiro atoms. The van der Waals surface area contributed by atoms with Crippen LogP contribution in [0.1, 0.15) is 126 Å². The summed E-state index contributed by atoms with van der Waals surface area (Å²) in [7, 11) is 8.56. The first-order valence-corrected chi connectivity index (χ1v) is 29.0. The minimum Gasteiger partial charge on any atom is -0.492 e. The van der Waals surface area contributed by atoms with E-state index in [1.165, 1.54) is 4.90 Å². The van der Waals surface area contributed by atoms with Gasteiger partial charge in [-0.05, 0) is 101 Å². The van der Waals surface area contributed by atoms with E-state index in [1.54, 1.807) is 56.2 Å². The smallest absolute Gasteiger partial charge is 0.245 e. The van der Waals surface area contributed by atoms with Crippen molar-refractivity contribution in [2.24, 2.45) is 33.9 Å². The number of unbranched alkanes of at least 4 members (excludes halogenated alkanes) is 2. The van der Waals surface area contributed by atoms with Crippen molar-refractivity contribution in [3.63, 3.8) is 0 Å². The predicted octanol–water partition coefficient (Wildman–Crippen LogP) is 6.18. The van der Waals surface area contributed by atoms with E-state index in [-0.39, 0.29) is 85.0 Å². The third-order valence-corrected chi connectivity index (χ3v) is 16.0. The van der Waals surface area contributed by atoms with E-state index < -0.39 is 53.6 Å². The highest BCUT2D eigenvalue weighted by Crippen LogP contribution is 2.30. The fourth-order valence-electron chi connectivity index (χ4n) is 10.5. The van der Waals surface area contributed by atoms with Crippen molar-refractivity contribution in [2.75, 3.05) is 55.1 Å². The molecule has 7 amide bonds. The number of nitrogens with zero attached hydrogens (tertiary/aromatic N) is 5. The third kappa shape index (κ3) is 20.3. The standard InChI is InChI=1S/C59H95N9O10S/c1-16-39(7)54(66(13)59(75)52(37(3)4)62-57(73)53(38(5)6)65(11)12)47(76-14)34-50(70)67-32-24-27-46(67)55(77-15)41(9)56(72)61-44(33-43-25-20-18-21-26-43)36-78-45(17-2)30-29-40(8)42(10)63-64-49(69)28-22-19-23-31-68-51(71)35-48(79-60)58(68)74/h17-18,20-21,25-26,29-30,37-39,41,44,46-48,52-55H,8,16,19,22-24,27-28,31-36,60H2,1-7,9-15H3,(H,61,72)(H,62,73)(H,64,69)/b30-29-,45-17+,63-42-/t39?,41?,44?,46?,47?,48?,52-,53?,54?,55?/m0/s1. The van der Waals surface area contributed by atoms with Crippen LogP contribution in [0.25, 0.3) is 0 Å². The van der Waals surface area contributed by atoms with Crippen molar-refractivity contribution in [1.29, 1.82) is 0 Å². The second-order valence-electron chi connectivity index (χ2n) is 22.0. The van der Waals surface area contributed by atoms with Crippen LogP contribution >= 0.6 is 11.9 Å². The van der Waals surface area contributed by atoms with Gasteiger partial charge in [0.25, 0.3) is 0 Å². The number of imide groups is 1. The van der Waals surface area contributed by atoms with Gasteiger partial charge in [0.1, 0.15) is 23.7 Å². The molecule has 2 saturated heterocycles. The summed E-state index contributed by atoms with van der Waals surface area (Å²) in [5, 5.41) is 15.5. The summed E-state index contributed by atoms with van der Waals surface area (Å²) in [6.07, 6.45) is 8.66. The van der Waals surface area contributed by atoms with Gasteiger partial charge in [-0.1, -0.05) is 116 Å². The number of carbonyl (C=O) groups is 7. The molecular weight excluding hydrogens is 1030 g/mol. The van der Waals surface area contributed by atoms with E-state index in [4.69, 9.17) is 19.3 Å². The zero-order valence-electron chi connectivity index (χ0n) is 49.8. The number of nitrogens with two attached hydrogens (primary N) is 1. The first-order chi connectivity index (χ1) is 37.5. The zero-order valence-corrected chi connectivity index (χ0v) is 50.6. The molecule has 2 fully saturated rings. The molecule has 5 N–H and O–H groups in total. The number of hydrogen-bond acceptors (Lipinski definition) is 14. The number of likely N-dealkylation sites (tertiary alicyclic amines) is 2. The fourth-order valence-corrected chi connectivity index (χ4v) is 11.0. The number of hydrazone groups is 1. The molecule has 0 aromatic heterocycles. The summed E-state index contributed by atoms with van der Waals surface area (Å²) in [5.41, 5.74) is 4.60. The average Bonchev–Trinajstić information content (AvgIpc) is 4.04. The number of nitrogens with one attached hydrogen (secondary N) is 3. The van der Waals surface area contributed by atoms with E-state index in [0.29, 0.717) is 68.7 Å². The molecule has 442 valence electrons. The molecule has 79 heavy (non-hydrogen) atoms. The molecule has 1 aromatic carbocycles. The van der Waals surface area contributed by atoms with E-state index in [0.717, 1.165) is 23.9 Å². The molecule has 3 rings (SSSR count). The first kappa shape index (κ1) is 67.9. The fraction of sp³-hybridized carbons (Fsp3) is 0.661. The van der Waals surface area contributed by atoms with Crippen LogP contribution in [0.2, 0.25) is 0 Å². The maximum absolute atomic E-state index is 14.5. The van der Waals surface area contributed by atoms with Crippen LogP contribution in [0, 0.1) is 23.7 Å². The van der Waals surface area contributed by atoms with Gasteiger partial charge in [0.2, 0.25) is 41.4 Å². The molecule has 0 bridgehead atoms. The molecular formula is C59H95N9O10S. The van der Waals surface area contributed by atoms with E-state index in [1.807, 2.05) is 105 Å². The maximum Gasteiger partial charge on any atom is 0.245 e. The number of likely N-dealkylation sites (N-methyl/N-ethyl adjacent to an activating group) is 2. The average molecular weight is 1120 g/mol. The van der Waals surface area contributed by atoms with Crippen LogP contribution in [0.3, 0.4) is 0 Å². The molecule has 0 radical (unpaired) electrons. The number of ether oxygens (including phenoxy) is 3. The van der Waals surface area contributed by atoms with Crippen molar-refractivity contribution in [3.8, 4) is 0 Å². The number of methoxy groups -OCH3 is 2. The highest BCUT2D eigenvalue weighted by atomic mass is 32.2. The SMILES string of the molecule is C=C(/C=C\C(=C/C)OCC(Cc1ccccc1)NC(=O)C(C)C(OC)C1CCCN1C(=O)CC(OC)C(C(C)CC)N(C)C(=O)[C@@H](NC(=O)C(C(C)C)N(C)C)C(C)C)/C(C)=N\NC(=O)CCCCCN1C(=O)CC(SN)C1=O. The summed E-state index contributed by atoms with van der Waals surface area (Å²) >= 11 is 0.892. The maximum atomic E-state index is 14.5. The number of hydrogen-bond donors (Lipinski definition) is 4. The lowest BCUT2D eigenvalue weighted by atomic mass is 9.89. The molecule has 0 saturated carbocycles. The van der Waals surface area contributed by atoms with Crippen molar-refractivity contribution < 1.29 is 47.8 Å². The van der Waals surface area contributed by atoms with Gasteiger partial charge in [-0.3, -0.25) is 48.5 Å². The highest BCUT2D eigenvalue weighted by Gasteiger charge is 2.44. The number of allylic oxidation sites excluding steroid dienone is 4. The van der Waals surface area contributed by atoms with Crippen molar-refractivity contribution >= 4 is 59.0 Å². The highest BCUT2D eigenvalue weighted by molar-refractivity contribution is 7.98. The summed E-state index contributed by atoms with van der Waals surface area (Å²) < 4.78 is 18.5. The summed E-state index contributed by atoms with van der Waals surface area (Å²) in [4.78, 5) is 100. The van der Waals surface area contributed by atoms with Crippen LogP contribution in [0.15, 0.2) is 71.6 Å². The van der Waals surface area contributed by atoms with Gasteiger partial charge in [0, 0.05) is 47.2 Å². The second-order valence-corrected chi connectivity index (χ2v) is 22.8. The molecule has 19 nitrogen and oxygen atoms in total. The van der Waals surface area contributed by atoms with Crippen LogP contribution in [-0.2, 0) is 54.2 Å². The summed E-state index contributed by atoms with van der Waals surface area (Å²) in [5.74, 6) is -2.01. The quantitative estimate of drug-likeness (QED) is 0.0115. The molecule has 0 aliphatic carbocycles. The van der Waals surface area contributed by atoms with Gasteiger partial charge in [0.05, 0.1) is 54.4 Å². The van der Waals surface area contributed by atoms with E-state index in [2.05, 4.69) is 27.7 Å². The normalized spacial score (nSPS) is 19.3. The summed E-state index contributed by atoms with van der Waals surface area (Å²) in [6.45, 7) is 22.2. The summed E-state index contributed by atoms with van der Waals surface area (Å²) in [6, 6.07) is 7.24. The predicted molar refractivity (Wildman–Crippen MR) is 312 cm³/mol. The Morgan fingerprint density at radius 2 is 1.62 bits per heavy atom. The topological polar surface area (TPSA) is 235 Å². The molecule has 1 aromatic rings. The number of amides is 7. The molecule has 2 heterocycles. The lowest BCUT2D eigenvalue weighted by molar-refractivity contribution is -0.148. The number of benzene rings is 1. The van der Waals surface area contributed by atoms with Crippen molar-refractivity contribution in [1.82, 2.24) is 35.7 Å². The Morgan fingerprint density at radius 3 is 2.19 bits per heavy atom. The Kier molecular flexibility index (Phi) is 29.2. The lowest BCUT2D eigenvalue weighted by Gasteiger charge is -2.41. The van der Waals surface area contributed by atoms with Gasteiger partial charge in [0.15, 0.2) is 0 Å². The third-order valence-electron chi connectivity index (χ3n) is 15.3. The largest absolute Gasteiger partial charge is 0.492 e. The monoisotopic (exact) mass is 1120 g/mol. The van der Waals surface area contributed by atoms with Gasteiger partial charge < -0.3 is 34.6 Å². The van der Waals surface area contributed by atoms with Crippen LogP contribution < -0.4 is 21.2 Å². The first-order valence-electron chi connectivity index (χ1n) is 28.1. The minimum absolute atomic E-state index is 0.00577. The van der Waals surface area contributed by atoms with Gasteiger partial charge >= 0.3 is 0 Å². The minimum atomic E-state index is -0.793. The van der Waals surface area contributed by atoms with Crippen LogP contribution in [0.4, 0.5) is 0 Å².